The van der Waals surface area contributed by atoms with Crippen molar-refractivity contribution in [3.05, 3.63) is 54.9 Å². The van der Waals surface area contributed by atoms with Crippen LogP contribution in [0.25, 0.3) is 0 Å². The molecule has 94 valence electrons. The Morgan fingerprint density at radius 2 is 1.89 bits per heavy atom. The van der Waals surface area contributed by atoms with Gasteiger partial charge in [-0.05, 0) is 72.7 Å². The average molecular weight is 374 g/mol. The molecular formula is C14H13ClINO. The molecule has 0 aliphatic rings. The number of ketones is 1. The van der Waals surface area contributed by atoms with Crippen molar-refractivity contribution in [1.29, 1.82) is 0 Å². The van der Waals surface area contributed by atoms with Crippen molar-refractivity contribution < 1.29 is 4.79 Å². The number of H-pyrrole nitrogens is 1. The molecule has 2 aromatic rings. The van der Waals surface area contributed by atoms with Crippen LogP contribution in [-0.2, 0) is 0 Å². The highest BCUT2D eigenvalue weighted by Crippen LogP contribution is 2.23. The number of hydrogen-bond donors (Lipinski definition) is 1. The highest BCUT2D eigenvalue weighted by atomic mass is 127. The molecule has 18 heavy (non-hydrogen) atoms. The monoisotopic (exact) mass is 373 g/mol. The third-order valence-corrected chi connectivity index (χ3v) is 4.79. The first-order valence-corrected chi connectivity index (χ1v) is 7.03. The van der Waals surface area contributed by atoms with Crippen LogP contribution in [0.5, 0.6) is 0 Å². The number of halogens is 2. The van der Waals surface area contributed by atoms with Crippen LogP contribution in [0.2, 0.25) is 5.02 Å². The summed E-state index contributed by atoms with van der Waals surface area (Å²) in [5, 5.41) is 0.610. The molecule has 1 heterocycles. The number of aromatic amines is 1. The van der Waals surface area contributed by atoms with Gasteiger partial charge in [-0.1, -0.05) is 11.6 Å². The van der Waals surface area contributed by atoms with Gasteiger partial charge in [0, 0.05) is 14.8 Å². The van der Waals surface area contributed by atoms with Crippen LogP contribution in [0.4, 0.5) is 0 Å². The summed E-state index contributed by atoms with van der Waals surface area (Å²) in [5.41, 5.74) is 4.45. The van der Waals surface area contributed by atoms with Crippen molar-refractivity contribution in [1.82, 2.24) is 4.98 Å². The van der Waals surface area contributed by atoms with Gasteiger partial charge in [-0.15, -0.1) is 0 Å². The number of rotatable bonds is 2. The minimum Gasteiger partial charge on any atom is -0.356 e. The van der Waals surface area contributed by atoms with Gasteiger partial charge in [0.05, 0.1) is 10.7 Å². The molecule has 0 saturated heterocycles. The van der Waals surface area contributed by atoms with Crippen LogP contribution in [0.1, 0.15) is 32.9 Å². The van der Waals surface area contributed by atoms with Crippen LogP contribution in [0.3, 0.4) is 0 Å². The molecule has 0 aliphatic heterocycles. The summed E-state index contributed by atoms with van der Waals surface area (Å²) in [6.45, 7) is 5.94. The summed E-state index contributed by atoms with van der Waals surface area (Å²) in [6, 6.07) is 5.38. The lowest BCUT2D eigenvalue weighted by Crippen LogP contribution is -2.04. The van der Waals surface area contributed by atoms with Gasteiger partial charge in [0.15, 0.2) is 0 Å². The largest absolute Gasteiger partial charge is 0.356 e. The predicted molar refractivity (Wildman–Crippen MR) is 82.6 cm³/mol. The second-order valence-electron chi connectivity index (χ2n) is 4.33. The zero-order valence-electron chi connectivity index (χ0n) is 10.4. The Bertz CT molecular complexity index is 631. The molecule has 0 aliphatic carbocycles. The van der Waals surface area contributed by atoms with E-state index in [0.29, 0.717) is 16.3 Å². The Morgan fingerprint density at radius 1 is 1.22 bits per heavy atom. The summed E-state index contributed by atoms with van der Waals surface area (Å²) < 4.78 is 0.946. The third-order valence-electron chi connectivity index (χ3n) is 3.22. The van der Waals surface area contributed by atoms with Crippen LogP contribution >= 0.6 is 34.2 Å². The Kier molecular flexibility index (Phi) is 3.82. The quantitative estimate of drug-likeness (QED) is 0.613. The summed E-state index contributed by atoms with van der Waals surface area (Å²) >= 11 is 8.20. The smallest absolute Gasteiger partial charge is 0.209 e. The van der Waals surface area contributed by atoms with Gasteiger partial charge < -0.3 is 4.98 Å². The topological polar surface area (TPSA) is 32.9 Å². The number of carbonyl (C=O) groups excluding carboxylic acids is 1. The highest BCUT2D eigenvalue weighted by Gasteiger charge is 2.17. The van der Waals surface area contributed by atoms with Crippen molar-refractivity contribution in [2.75, 3.05) is 0 Å². The van der Waals surface area contributed by atoms with Crippen molar-refractivity contribution in [2.45, 2.75) is 20.8 Å². The minimum absolute atomic E-state index is 0.0120. The molecule has 0 unspecified atom stereocenters. The van der Waals surface area contributed by atoms with Crippen molar-refractivity contribution >= 4 is 40.0 Å². The maximum Gasteiger partial charge on any atom is 0.209 e. The van der Waals surface area contributed by atoms with Gasteiger partial charge >= 0.3 is 0 Å². The fourth-order valence-electron chi connectivity index (χ4n) is 1.85. The van der Waals surface area contributed by atoms with E-state index in [-0.39, 0.29) is 5.78 Å². The summed E-state index contributed by atoms with van der Waals surface area (Å²) in [4.78, 5) is 15.6. The predicted octanol–water partition coefficient (Wildman–Crippen LogP) is 4.43. The maximum absolute atomic E-state index is 12.4. The first-order chi connectivity index (χ1) is 8.41. The first-order valence-electron chi connectivity index (χ1n) is 5.57. The summed E-state index contributed by atoms with van der Waals surface area (Å²) in [5.74, 6) is -0.0120. The number of nitrogens with one attached hydrogen (secondary N) is 1. The van der Waals surface area contributed by atoms with E-state index in [1.165, 1.54) is 0 Å². The Hall–Kier alpha value is -0.810. The van der Waals surface area contributed by atoms with Gasteiger partial charge in [-0.25, -0.2) is 0 Å². The molecular weight excluding hydrogens is 361 g/mol. The number of aryl methyl sites for hydroxylation is 1. The average Bonchev–Trinajstić information content (AvgIpc) is 2.60. The minimum atomic E-state index is -0.0120. The van der Waals surface area contributed by atoms with E-state index in [1.54, 1.807) is 12.1 Å². The Labute approximate surface area is 125 Å². The molecule has 2 nitrogen and oxygen atoms in total. The standard InChI is InChI=1S/C14H13ClINO/c1-7-8(2)13(17-9(7)3)14(18)10-4-5-12(16)11(15)6-10/h4-6,17H,1-3H3. The Balaban J connectivity index is 2.48. The van der Waals surface area contributed by atoms with Crippen molar-refractivity contribution in [2.24, 2.45) is 0 Å². The van der Waals surface area contributed by atoms with Crippen LogP contribution in [0, 0.1) is 24.3 Å². The number of carbonyl (C=O) groups is 1. The van der Waals surface area contributed by atoms with E-state index in [1.807, 2.05) is 26.8 Å². The van der Waals surface area contributed by atoms with E-state index in [4.69, 9.17) is 11.6 Å². The van der Waals surface area contributed by atoms with Crippen LogP contribution in [0.15, 0.2) is 18.2 Å². The normalized spacial score (nSPS) is 10.7. The number of hydrogen-bond acceptors (Lipinski definition) is 1. The molecule has 1 N–H and O–H groups in total. The molecule has 0 spiro atoms. The van der Waals surface area contributed by atoms with E-state index >= 15 is 0 Å². The van der Waals surface area contributed by atoms with Crippen molar-refractivity contribution in [3.8, 4) is 0 Å². The molecule has 1 aromatic carbocycles. The molecule has 0 bridgehead atoms. The van der Waals surface area contributed by atoms with Gasteiger partial charge in [-0.2, -0.15) is 0 Å². The fraction of sp³-hybridized carbons (Fsp3) is 0.214. The molecule has 0 radical (unpaired) electrons. The summed E-state index contributed by atoms with van der Waals surface area (Å²) in [6.07, 6.45) is 0. The van der Waals surface area contributed by atoms with E-state index in [0.717, 1.165) is 20.4 Å². The Morgan fingerprint density at radius 3 is 2.39 bits per heavy atom. The van der Waals surface area contributed by atoms with Crippen LogP contribution < -0.4 is 0 Å². The molecule has 1 aromatic heterocycles. The molecule has 0 fully saturated rings. The summed E-state index contributed by atoms with van der Waals surface area (Å²) in [7, 11) is 0. The van der Waals surface area contributed by atoms with Gasteiger partial charge in [0.2, 0.25) is 5.78 Å². The highest BCUT2D eigenvalue weighted by molar-refractivity contribution is 14.1. The van der Waals surface area contributed by atoms with Crippen LogP contribution in [-0.4, -0.2) is 10.8 Å². The molecule has 0 atom stereocenters. The second kappa shape index (κ2) is 5.05. The molecule has 0 saturated carbocycles. The van der Waals surface area contributed by atoms with E-state index in [9.17, 15) is 4.79 Å². The van der Waals surface area contributed by atoms with Gasteiger partial charge in [0.1, 0.15) is 0 Å². The molecule has 0 amide bonds. The zero-order valence-corrected chi connectivity index (χ0v) is 13.3. The zero-order chi connectivity index (χ0) is 13.4. The van der Waals surface area contributed by atoms with E-state index in [2.05, 4.69) is 27.6 Å². The molecule has 4 heteroatoms. The van der Waals surface area contributed by atoms with Crippen molar-refractivity contribution in [3.63, 3.8) is 0 Å². The fourth-order valence-corrected chi connectivity index (χ4v) is 2.37. The first kappa shape index (κ1) is 13.6. The van der Waals surface area contributed by atoms with E-state index < -0.39 is 0 Å². The maximum atomic E-state index is 12.4. The number of aromatic nitrogens is 1. The lowest BCUT2D eigenvalue weighted by atomic mass is 10.0. The lowest BCUT2D eigenvalue weighted by molar-refractivity contribution is 0.103. The third kappa shape index (κ3) is 2.34. The number of benzene rings is 1. The van der Waals surface area contributed by atoms with Gasteiger partial charge in [0.25, 0.3) is 0 Å². The SMILES string of the molecule is Cc1[nH]c(C(=O)c2ccc(I)c(Cl)c2)c(C)c1C. The molecule has 2 rings (SSSR count). The van der Waals surface area contributed by atoms with Gasteiger partial charge in [-0.3, -0.25) is 4.79 Å². The second-order valence-corrected chi connectivity index (χ2v) is 5.90. The lowest BCUT2D eigenvalue weighted by Gasteiger charge is -2.03.